The van der Waals surface area contributed by atoms with Gasteiger partial charge in [0.05, 0.1) is 12.5 Å². The standard InChI is InChI=1S/C17H26N6O4.CH2O2/c1-10-4-5-11(15(26)21-8-6-14(24)25)9-13(10)23-16(27)12(18)3-2-7-22-17(19)20;2-1-3/h4-5,9,12H,2-3,6-8,18H2,1H3,(H,21,26)(H,23,27)(H,24,25)(H4,19,20,22);1H,(H,2,3)/t12-;/m0./s1. The smallest absolute Gasteiger partial charge is 0.305 e. The van der Waals surface area contributed by atoms with Gasteiger partial charge in [-0.05, 0) is 37.5 Å². The van der Waals surface area contributed by atoms with E-state index in [4.69, 9.17) is 32.2 Å². The number of aryl methyl sites for hydroxylation is 1. The number of benzene rings is 1. The van der Waals surface area contributed by atoms with Crippen molar-refractivity contribution in [1.82, 2.24) is 5.32 Å². The third kappa shape index (κ3) is 11.2. The summed E-state index contributed by atoms with van der Waals surface area (Å²) < 4.78 is 0. The van der Waals surface area contributed by atoms with Gasteiger partial charge in [0.1, 0.15) is 0 Å². The second kappa shape index (κ2) is 14.3. The van der Waals surface area contributed by atoms with E-state index in [1.54, 1.807) is 19.1 Å². The molecular weight excluding hydrogens is 396 g/mol. The number of carboxylic acid groups (broad SMARTS) is 2. The fraction of sp³-hybridized carbons (Fsp3) is 0.389. The number of aliphatic imine (C=N–C) groups is 1. The van der Waals surface area contributed by atoms with Crippen molar-refractivity contribution in [3.63, 3.8) is 0 Å². The SMILES string of the molecule is Cc1ccc(C(=O)NCCC(=O)O)cc1NC(=O)[C@@H](N)CCCN=C(N)N.O=CO. The van der Waals surface area contributed by atoms with Gasteiger partial charge >= 0.3 is 5.97 Å². The fourth-order valence-corrected chi connectivity index (χ4v) is 2.16. The normalized spacial score (nSPS) is 10.6. The zero-order chi connectivity index (χ0) is 23.1. The van der Waals surface area contributed by atoms with Gasteiger partial charge in [-0.1, -0.05) is 6.07 Å². The molecule has 0 aliphatic heterocycles. The molecule has 10 N–H and O–H groups in total. The third-order valence-corrected chi connectivity index (χ3v) is 3.69. The molecule has 30 heavy (non-hydrogen) atoms. The second-order valence-corrected chi connectivity index (χ2v) is 6.08. The Morgan fingerprint density at radius 1 is 1.27 bits per heavy atom. The van der Waals surface area contributed by atoms with E-state index in [-0.39, 0.29) is 31.3 Å². The second-order valence-electron chi connectivity index (χ2n) is 6.08. The van der Waals surface area contributed by atoms with Crippen molar-refractivity contribution in [3.05, 3.63) is 29.3 Å². The van der Waals surface area contributed by atoms with Crippen LogP contribution in [-0.4, -0.2) is 59.6 Å². The molecule has 12 heteroatoms. The molecule has 0 saturated carbocycles. The number of aliphatic carboxylic acids is 1. The summed E-state index contributed by atoms with van der Waals surface area (Å²) in [6.07, 6.45) is 0.782. The molecule has 0 saturated heterocycles. The van der Waals surface area contributed by atoms with Crippen molar-refractivity contribution in [1.29, 1.82) is 0 Å². The van der Waals surface area contributed by atoms with Crippen LogP contribution in [0.5, 0.6) is 0 Å². The first-order chi connectivity index (χ1) is 14.1. The van der Waals surface area contributed by atoms with Crippen LogP contribution in [-0.2, 0) is 14.4 Å². The van der Waals surface area contributed by atoms with Crippen LogP contribution in [0.4, 0.5) is 5.69 Å². The van der Waals surface area contributed by atoms with E-state index in [1.165, 1.54) is 6.07 Å². The van der Waals surface area contributed by atoms with Crippen molar-refractivity contribution < 1.29 is 29.4 Å². The average Bonchev–Trinajstić information content (AvgIpc) is 2.66. The van der Waals surface area contributed by atoms with E-state index in [1.807, 2.05) is 0 Å². The maximum absolute atomic E-state index is 12.2. The number of carbonyl (C=O) groups is 4. The van der Waals surface area contributed by atoms with E-state index in [2.05, 4.69) is 15.6 Å². The molecule has 0 spiro atoms. The molecule has 0 heterocycles. The van der Waals surface area contributed by atoms with Crippen LogP contribution in [0.3, 0.4) is 0 Å². The number of amides is 2. The summed E-state index contributed by atoms with van der Waals surface area (Å²) >= 11 is 0. The molecule has 0 radical (unpaired) electrons. The van der Waals surface area contributed by atoms with Gasteiger partial charge in [-0.25, -0.2) is 0 Å². The Balaban J connectivity index is 0.00000263. The molecule has 2 amide bonds. The number of nitrogens with zero attached hydrogens (tertiary/aromatic N) is 1. The molecule has 1 aromatic carbocycles. The van der Waals surface area contributed by atoms with Gasteiger partial charge in [-0.3, -0.25) is 24.2 Å². The molecule has 0 aromatic heterocycles. The first-order valence-electron chi connectivity index (χ1n) is 8.92. The van der Waals surface area contributed by atoms with E-state index < -0.39 is 17.9 Å². The maximum Gasteiger partial charge on any atom is 0.305 e. The number of guanidine groups is 1. The fourth-order valence-electron chi connectivity index (χ4n) is 2.16. The minimum Gasteiger partial charge on any atom is -0.483 e. The van der Waals surface area contributed by atoms with Crippen molar-refractivity contribution in [3.8, 4) is 0 Å². The first kappa shape index (κ1) is 26.3. The average molecular weight is 424 g/mol. The Hall–Kier alpha value is -3.67. The van der Waals surface area contributed by atoms with Crippen LogP contribution < -0.4 is 27.8 Å². The summed E-state index contributed by atoms with van der Waals surface area (Å²) in [4.78, 5) is 47.0. The highest BCUT2D eigenvalue weighted by Gasteiger charge is 2.15. The zero-order valence-corrected chi connectivity index (χ0v) is 16.6. The first-order valence-corrected chi connectivity index (χ1v) is 8.92. The summed E-state index contributed by atoms with van der Waals surface area (Å²) in [5, 5.41) is 20.7. The Labute approximate surface area is 173 Å². The van der Waals surface area contributed by atoms with Crippen LogP contribution in [0.25, 0.3) is 0 Å². The van der Waals surface area contributed by atoms with Crippen molar-refractivity contribution in [2.24, 2.45) is 22.2 Å². The van der Waals surface area contributed by atoms with Crippen LogP contribution in [0.15, 0.2) is 23.2 Å². The van der Waals surface area contributed by atoms with Gasteiger partial charge in [-0.2, -0.15) is 0 Å². The molecule has 0 aliphatic carbocycles. The Bertz CT molecular complexity index is 764. The predicted molar refractivity (Wildman–Crippen MR) is 111 cm³/mol. The number of carbonyl (C=O) groups excluding carboxylic acids is 2. The van der Waals surface area contributed by atoms with Crippen LogP contribution in [0.2, 0.25) is 0 Å². The topological polar surface area (TPSA) is 223 Å². The van der Waals surface area contributed by atoms with Gasteiger partial charge in [0.15, 0.2) is 5.96 Å². The van der Waals surface area contributed by atoms with Crippen molar-refractivity contribution in [2.45, 2.75) is 32.2 Å². The van der Waals surface area contributed by atoms with Crippen LogP contribution in [0.1, 0.15) is 35.2 Å². The summed E-state index contributed by atoms with van der Waals surface area (Å²) in [5.41, 5.74) is 17.9. The summed E-state index contributed by atoms with van der Waals surface area (Å²) in [7, 11) is 0. The summed E-state index contributed by atoms with van der Waals surface area (Å²) in [6.45, 7) is 1.94. The monoisotopic (exact) mass is 424 g/mol. The molecule has 1 rings (SSSR count). The molecule has 0 aliphatic rings. The highest BCUT2D eigenvalue weighted by atomic mass is 16.4. The minimum atomic E-state index is -0.999. The molecule has 0 fully saturated rings. The Morgan fingerprint density at radius 3 is 2.47 bits per heavy atom. The zero-order valence-electron chi connectivity index (χ0n) is 16.6. The number of anilines is 1. The lowest BCUT2D eigenvalue weighted by Crippen LogP contribution is -2.36. The summed E-state index contributed by atoms with van der Waals surface area (Å²) in [5.74, 6) is -1.82. The largest absolute Gasteiger partial charge is 0.483 e. The van der Waals surface area contributed by atoms with Gasteiger partial charge < -0.3 is 38.0 Å². The lowest BCUT2D eigenvalue weighted by Gasteiger charge is -2.14. The highest BCUT2D eigenvalue weighted by Crippen LogP contribution is 2.17. The van der Waals surface area contributed by atoms with E-state index >= 15 is 0 Å². The van der Waals surface area contributed by atoms with Crippen molar-refractivity contribution in [2.75, 3.05) is 18.4 Å². The van der Waals surface area contributed by atoms with Gasteiger partial charge in [0.2, 0.25) is 5.91 Å². The molecule has 0 unspecified atom stereocenters. The van der Waals surface area contributed by atoms with Crippen molar-refractivity contribution >= 4 is 35.9 Å². The third-order valence-electron chi connectivity index (χ3n) is 3.69. The predicted octanol–water partition coefficient (Wildman–Crippen LogP) is -0.780. The Kier molecular flexibility index (Phi) is 12.6. The number of hydrogen-bond acceptors (Lipinski definition) is 6. The van der Waals surface area contributed by atoms with E-state index in [0.717, 1.165) is 5.56 Å². The number of nitrogens with two attached hydrogens (primary N) is 3. The van der Waals surface area contributed by atoms with Gasteiger partial charge in [-0.15, -0.1) is 0 Å². The molecular formula is C18H28N6O6. The Morgan fingerprint density at radius 2 is 1.90 bits per heavy atom. The van der Waals surface area contributed by atoms with Crippen LogP contribution in [0, 0.1) is 6.92 Å². The van der Waals surface area contributed by atoms with Crippen LogP contribution >= 0.6 is 0 Å². The number of hydrogen-bond donors (Lipinski definition) is 7. The quantitative estimate of drug-likeness (QED) is 0.108. The highest BCUT2D eigenvalue weighted by molar-refractivity contribution is 5.99. The molecule has 12 nitrogen and oxygen atoms in total. The number of carboxylic acids is 1. The molecule has 1 atom stereocenters. The molecule has 166 valence electrons. The number of rotatable bonds is 10. The van der Waals surface area contributed by atoms with Gasteiger partial charge in [0, 0.05) is 24.3 Å². The van der Waals surface area contributed by atoms with E-state index in [0.29, 0.717) is 30.6 Å². The van der Waals surface area contributed by atoms with E-state index in [9.17, 15) is 14.4 Å². The molecule has 1 aromatic rings. The lowest BCUT2D eigenvalue weighted by molar-refractivity contribution is -0.136. The van der Waals surface area contributed by atoms with Gasteiger partial charge in [0.25, 0.3) is 12.4 Å². The minimum absolute atomic E-state index is 0.0119. The molecule has 0 bridgehead atoms. The maximum atomic E-state index is 12.2. The summed E-state index contributed by atoms with van der Waals surface area (Å²) in [6, 6.07) is 4.06. The lowest BCUT2D eigenvalue weighted by atomic mass is 10.1. The number of nitrogens with one attached hydrogen (secondary N) is 2.